The molecule has 1 nitrogen and oxygen atoms in total. The summed E-state index contributed by atoms with van der Waals surface area (Å²) in [6.07, 6.45) is 10.1. The quantitative estimate of drug-likeness (QED) is 0.414. The summed E-state index contributed by atoms with van der Waals surface area (Å²) < 4.78 is 1.09. The van der Waals surface area contributed by atoms with E-state index in [1.54, 1.807) is 0 Å². The van der Waals surface area contributed by atoms with Crippen LogP contribution in [0.2, 0.25) is 0 Å². The fourth-order valence-electron chi connectivity index (χ4n) is 1.08. The van der Waals surface area contributed by atoms with E-state index in [9.17, 15) is 0 Å². The zero-order valence-electron chi connectivity index (χ0n) is 6.88. The van der Waals surface area contributed by atoms with Crippen LogP contribution in [0.3, 0.4) is 0 Å². The molecule has 0 saturated carbocycles. The normalized spacial score (nSPS) is 22.6. The number of hydrogen-bond donors (Lipinski definition) is 0. The lowest BCUT2D eigenvalue weighted by atomic mass is 10.4. The molecule has 1 heterocycles. The lowest BCUT2D eigenvalue weighted by Crippen LogP contribution is -2.07. The van der Waals surface area contributed by atoms with Crippen LogP contribution in [0.1, 0.15) is 20.3 Å². The summed E-state index contributed by atoms with van der Waals surface area (Å²) in [5.74, 6) is 0. The van der Waals surface area contributed by atoms with Crippen LogP contribution in [0.4, 0.5) is 0 Å². The van der Waals surface area contributed by atoms with Gasteiger partial charge in [-0.05, 0) is 25.5 Å². The van der Waals surface area contributed by atoms with Crippen molar-refractivity contribution in [1.82, 2.24) is 0 Å². The zero-order chi connectivity index (χ0) is 7.45. The molecule has 10 heavy (non-hydrogen) atoms. The van der Waals surface area contributed by atoms with Gasteiger partial charge in [0.1, 0.15) is 13.1 Å². The average molecular weight is 138 g/mol. The number of quaternary nitrogens is 1. The van der Waals surface area contributed by atoms with E-state index in [0.717, 1.165) is 10.9 Å². The van der Waals surface area contributed by atoms with Crippen LogP contribution in [0.25, 0.3) is 0 Å². The molecule has 0 N–H and O–H groups in total. The van der Waals surface area contributed by atoms with E-state index < -0.39 is 0 Å². The molecule has 0 aromatic heterocycles. The van der Waals surface area contributed by atoms with E-state index in [4.69, 9.17) is 0 Å². The molecule has 0 amide bonds. The average Bonchev–Trinajstić information content (AvgIpc) is 2.67. The fourth-order valence-corrected chi connectivity index (χ4v) is 1.08. The summed E-state index contributed by atoms with van der Waals surface area (Å²) >= 11 is 0. The van der Waals surface area contributed by atoms with Gasteiger partial charge >= 0.3 is 0 Å². The third-order valence-electron chi connectivity index (χ3n) is 1.82. The maximum Gasteiger partial charge on any atom is 0.138 e. The molecule has 0 unspecified atom stereocenters. The standard InChI is InChI=1S/C9H16N/c1-3-5-7-10(6-4-2)8-9-10/h4-7H,3,8-9H2,1-2H3/q+1/b6-4-,7-5-. The summed E-state index contributed by atoms with van der Waals surface area (Å²) in [5, 5.41) is 0. The van der Waals surface area contributed by atoms with E-state index in [1.165, 1.54) is 13.1 Å². The second-order valence-electron chi connectivity index (χ2n) is 2.83. The summed E-state index contributed by atoms with van der Waals surface area (Å²) in [6.45, 7) is 6.84. The Morgan fingerprint density at radius 3 is 2.40 bits per heavy atom. The van der Waals surface area contributed by atoms with E-state index in [1.807, 2.05) is 0 Å². The minimum absolute atomic E-state index is 1.09. The van der Waals surface area contributed by atoms with Gasteiger partial charge in [-0.1, -0.05) is 6.92 Å². The van der Waals surface area contributed by atoms with Gasteiger partial charge in [-0.3, -0.25) is 4.48 Å². The summed E-state index contributed by atoms with van der Waals surface area (Å²) in [4.78, 5) is 0. The van der Waals surface area contributed by atoms with Gasteiger partial charge in [0.05, 0.1) is 12.4 Å². The molecule has 0 bridgehead atoms. The molecular formula is C9H16N+. The van der Waals surface area contributed by atoms with Crippen LogP contribution in [0.5, 0.6) is 0 Å². The molecule has 1 fully saturated rings. The first-order valence-corrected chi connectivity index (χ1v) is 4.01. The van der Waals surface area contributed by atoms with E-state index in [-0.39, 0.29) is 0 Å². The minimum Gasteiger partial charge on any atom is -0.262 e. The Labute approximate surface area is 63.2 Å². The van der Waals surface area contributed by atoms with Crippen LogP contribution >= 0.6 is 0 Å². The molecule has 0 spiro atoms. The minimum atomic E-state index is 1.09. The van der Waals surface area contributed by atoms with Gasteiger partial charge in [-0.15, -0.1) is 0 Å². The second-order valence-corrected chi connectivity index (χ2v) is 2.83. The highest BCUT2D eigenvalue weighted by molar-refractivity contribution is 4.84. The highest BCUT2D eigenvalue weighted by Crippen LogP contribution is 2.22. The van der Waals surface area contributed by atoms with Crippen molar-refractivity contribution in [3.63, 3.8) is 0 Å². The van der Waals surface area contributed by atoms with Crippen molar-refractivity contribution in [2.45, 2.75) is 20.3 Å². The Balaban J connectivity index is 2.44. The monoisotopic (exact) mass is 138 g/mol. The van der Waals surface area contributed by atoms with Crippen LogP contribution in [-0.2, 0) is 0 Å². The third-order valence-corrected chi connectivity index (χ3v) is 1.82. The van der Waals surface area contributed by atoms with Gasteiger partial charge in [0, 0.05) is 0 Å². The van der Waals surface area contributed by atoms with Gasteiger partial charge in [0.25, 0.3) is 0 Å². The number of allylic oxidation sites excluding steroid dienone is 2. The maximum absolute atomic E-state index is 2.29. The van der Waals surface area contributed by atoms with Crippen molar-refractivity contribution >= 4 is 0 Å². The molecule has 1 heteroatoms. The molecule has 1 rings (SSSR count). The molecule has 1 aliphatic rings. The van der Waals surface area contributed by atoms with Crippen LogP contribution < -0.4 is 0 Å². The zero-order valence-corrected chi connectivity index (χ0v) is 6.88. The van der Waals surface area contributed by atoms with Gasteiger partial charge in [0.15, 0.2) is 0 Å². The lowest BCUT2D eigenvalue weighted by Gasteiger charge is -2.03. The van der Waals surface area contributed by atoms with E-state index >= 15 is 0 Å². The topological polar surface area (TPSA) is 0 Å². The predicted molar refractivity (Wildman–Crippen MR) is 44.2 cm³/mol. The highest BCUT2D eigenvalue weighted by atomic mass is 15.4. The third kappa shape index (κ3) is 1.71. The van der Waals surface area contributed by atoms with Crippen LogP contribution in [0.15, 0.2) is 24.6 Å². The molecule has 1 aliphatic heterocycles. The lowest BCUT2D eigenvalue weighted by molar-refractivity contribution is -0.682. The first-order chi connectivity index (χ1) is 4.83. The smallest absolute Gasteiger partial charge is 0.138 e. The second kappa shape index (κ2) is 3.02. The Morgan fingerprint density at radius 2 is 2.00 bits per heavy atom. The number of rotatable bonds is 3. The molecule has 0 radical (unpaired) electrons. The van der Waals surface area contributed by atoms with Crippen LogP contribution in [-0.4, -0.2) is 17.6 Å². The van der Waals surface area contributed by atoms with Gasteiger partial charge in [-0.25, -0.2) is 0 Å². The largest absolute Gasteiger partial charge is 0.262 e. The molecule has 0 aromatic carbocycles. The van der Waals surface area contributed by atoms with Crippen molar-refractivity contribution in [3.05, 3.63) is 24.6 Å². The fraction of sp³-hybridized carbons (Fsp3) is 0.556. The number of nitrogens with zero attached hydrogens (tertiary/aromatic N) is 1. The summed E-state index contributed by atoms with van der Waals surface area (Å²) in [5.41, 5.74) is 0. The molecule has 1 saturated heterocycles. The van der Waals surface area contributed by atoms with E-state index in [0.29, 0.717) is 0 Å². The molecule has 0 aromatic rings. The molecule has 0 atom stereocenters. The number of hydrogen-bond acceptors (Lipinski definition) is 0. The van der Waals surface area contributed by atoms with Crippen molar-refractivity contribution in [2.24, 2.45) is 0 Å². The molecule has 0 aliphatic carbocycles. The van der Waals surface area contributed by atoms with Gasteiger partial charge in [-0.2, -0.15) is 0 Å². The van der Waals surface area contributed by atoms with Gasteiger partial charge in [0.2, 0.25) is 0 Å². The van der Waals surface area contributed by atoms with Crippen molar-refractivity contribution < 1.29 is 4.48 Å². The van der Waals surface area contributed by atoms with E-state index in [2.05, 4.69) is 38.4 Å². The Kier molecular flexibility index (Phi) is 2.28. The first-order valence-electron chi connectivity index (χ1n) is 4.01. The molecular weight excluding hydrogens is 122 g/mol. The molecule has 56 valence electrons. The highest BCUT2D eigenvalue weighted by Gasteiger charge is 2.37. The Bertz CT molecular complexity index is 152. The maximum atomic E-state index is 2.29. The van der Waals surface area contributed by atoms with Crippen molar-refractivity contribution in [2.75, 3.05) is 13.1 Å². The van der Waals surface area contributed by atoms with Crippen molar-refractivity contribution in [1.29, 1.82) is 0 Å². The summed E-state index contributed by atoms with van der Waals surface area (Å²) in [7, 11) is 0. The van der Waals surface area contributed by atoms with Crippen molar-refractivity contribution in [3.8, 4) is 0 Å². The van der Waals surface area contributed by atoms with Crippen LogP contribution in [0, 0.1) is 0 Å². The summed E-state index contributed by atoms with van der Waals surface area (Å²) in [6, 6.07) is 0. The predicted octanol–water partition coefficient (Wildman–Crippen LogP) is 2.27. The van der Waals surface area contributed by atoms with Gasteiger partial charge < -0.3 is 0 Å². The Hall–Kier alpha value is -0.560. The first kappa shape index (κ1) is 7.55. The Morgan fingerprint density at radius 1 is 1.30 bits per heavy atom. The SMILES string of the molecule is C/C=C\[N+]1(/C=C\CC)CC1.